The predicted octanol–water partition coefficient (Wildman–Crippen LogP) is 4.13. The first-order valence-electron chi connectivity index (χ1n) is 13.3. The molecule has 0 saturated carbocycles. The quantitative estimate of drug-likeness (QED) is 0.410. The number of nitrogens with one attached hydrogen (secondary N) is 1. The number of aromatic nitrogens is 2. The Bertz CT molecular complexity index is 1180. The summed E-state index contributed by atoms with van der Waals surface area (Å²) in [6.45, 7) is 7.97. The fourth-order valence-electron chi connectivity index (χ4n) is 4.50. The van der Waals surface area contributed by atoms with Crippen LogP contribution in [0, 0.1) is 0 Å². The summed E-state index contributed by atoms with van der Waals surface area (Å²) >= 11 is 0. The summed E-state index contributed by atoms with van der Waals surface area (Å²) < 4.78 is 49.2. The molecule has 2 amide bonds. The van der Waals surface area contributed by atoms with Crippen molar-refractivity contribution < 1.29 is 32.3 Å². The van der Waals surface area contributed by atoms with Gasteiger partial charge in [-0.1, -0.05) is 31.5 Å². The lowest BCUT2D eigenvalue weighted by molar-refractivity contribution is -0.153. The Hall–Kier alpha value is -3.70. The molecule has 40 heavy (non-hydrogen) atoms. The lowest BCUT2D eigenvalue weighted by Gasteiger charge is -2.35. The molecule has 3 rings (SSSR count). The topological polar surface area (TPSA) is 105 Å². The van der Waals surface area contributed by atoms with Gasteiger partial charge in [-0.15, -0.1) is 10.2 Å². The number of amides is 2. The number of carbonyl (C=O) groups excluding carboxylic acids is 3. The standard InChI is InChI=1S/C28H36F3N5O4/c1-5-8-23(29)28(30,31)21-10-7-6-9-20(21)26(39)36-17-15-35(16-18-36)24-12-11-22(33-34-24)25(38)32-14-13-27(3,4)40-19(2)37/h6-7,9-12,23H,5,8,13-18H2,1-4H3,(H,32,38). The Morgan fingerprint density at radius 3 is 2.33 bits per heavy atom. The van der Waals surface area contributed by atoms with Gasteiger partial charge in [-0.05, 0) is 38.5 Å². The number of carbonyl (C=O) groups is 3. The summed E-state index contributed by atoms with van der Waals surface area (Å²) in [6.07, 6.45) is -2.00. The molecule has 2 aromatic rings. The van der Waals surface area contributed by atoms with E-state index in [1.54, 1.807) is 26.8 Å². The Morgan fingerprint density at radius 1 is 1.05 bits per heavy atom. The van der Waals surface area contributed by atoms with Crippen molar-refractivity contribution in [1.82, 2.24) is 20.4 Å². The highest BCUT2D eigenvalue weighted by molar-refractivity contribution is 5.96. The van der Waals surface area contributed by atoms with Crippen molar-refractivity contribution in [3.05, 3.63) is 53.2 Å². The van der Waals surface area contributed by atoms with Crippen LogP contribution in [0.5, 0.6) is 0 Å². The van der Waals surface area contributed by atoms with E-state index in [0.717, 1.165) is 6.07 Å². The van der Waals surface area contributed by atoms with Gasteiger partial charge in [-0.2, -0.15) is 8.78 Å². The molecule has 1 unspecified atom stereocenters. The molecule has 1 fully saturated rings. The number of esters is 1. The van der Waals surface area contributed by atoms with Crippen LogP contribution in [0.2, 0.25) is 0 Å². The molecule has 1 N–H and O–H groups in total. The predicted molar refractivity (Wildman–Crippen MR) is 143 cm³/mol. The van der Waals surface area contributed by atoms with E-state index in [4.69, 9.17) is 4.74 Å². The minimum absolute atomic E-state index is 0.120. The number of hydrogen-bond donors (Lipinski definition) is 1. The van der Waals surface area contributed by atoms with Crippen LogP contribution in [0.15, 0.2) is 36.4 Å². The van der Waals surface area contributed by atoms with Gasteiger partial charge in [0.15, 0.2) is 17.7 Å². The normalized spacial score (nSPS) is 15.0. The van der Waals surface area contributed by atoms with E-state index in [0.29, 0.717) is 25.3 Å². The summed E-state index contributed by atoms with van der Waals surface area (Å²) in [4.78, 5) is 40.1. The first-order chi connectivity index (χ1) is 18.9. The highest BCUT2D eigenvalue weighted by atomic mass is 19.3. The van der Waals surface area contributed by atoms with Crippen molar-refractivity contribution in [1.29, 1.82) is 0 Å². The molecule has 1 aromatic carbocycles. The zero-order valence-electron chi connectivity index (χ0n) is 23.3. The summed E-state index contributed by atoms with van der Waals surface area (Å²) in [5.74, 6) is -4.66. The van der Waals surface area contributed by atoms with Crippen LogP contribution in [-0.4, -0.2) is 77.4 Å². The number of hydrogen-bond acceptors (Lipinski definition) is 7. The number of alkyl halides is 3. The summed E-state index contributed by atoms with van der Waals surface area (Å²) in [7, 11) is 0. The Kier molecular flexibility index (Phi) is 10.1. The maximum Gasteiger partial charge on any atom is 0.304 e. The maximum absolute atomic E-state index is 14.8. The van der Waals surface area contributed by atoms with Crippen molar-refractivity contribution >= 4 is 23.6 Å². The van der Waals surface area contributed by atoms with Crippen molar-refractivity contribution in [3.63, 3.8) is 0 Å². The molecule has 218 valence electrons. The molecule has 0 radical (unpaired) electrons. The zero-order chi connectivity index (χ0) is 29.5. The van der Waals surface area contributed by atoms with Crippen LogP contribution in [0.25, 0.3) is 0 Å². The summed E-state index contributed by atoms with van der Waals surface area (Å²) in [6, 6.07) is 8.47. The fourth-order valence-corrected chi connectivity index (χ4v) is 4.50. The molecule has 1 aliphatic rings. The van der Waals surface area contributed by atoms with Crippen LogP contribution in [-0.2, 0) is 15.5 Å². The lowest BCUT2D eigenvalue weighted by atomic mass is 9.95. The molecule has 2 heterocycles. The second-order valence-electron chi connectivity index (χ2n) is 10.3. The van der Waals surface area contributed by atoms with E-state index in [9.17, 15) is 27.6 Å². The Morgan fingerprint density at radius 2 is 1.73 bits per heavy atom. The number of ether oxygens (including phenoxy) is 1. The van der Waals surface area contributed by atoms with E-state index in [1.165, 1.54) is 36.1 Å². The monoisotopic (exact) mass is 563 g/mol. The van der Waals surface area contributed by atoms with Crippen LogP contribution < -0.4 is 10.2 Å². The number of rotatable bonds is 11. The molecule has 1 saturated heterocycles. The minimum Gasteiger partial charge on any atom is -0.460 e. The highest BCUT2D eigenvalue weighted by Gasteiger charge is 2.44. The largest absolute Gasteiger partial charge is 0.460 e. The third-order valence-electron chi connectivity index (χ3n) is 6.66. The Balaban J connectivity index is 1.57. The van der Waals surface area contributed by atoms with Crippen LogP contribution >= 0.6 is 0 Å². The van der Waals surface area contributed by atoms with Gasteiger partial charge in [0.25, 0.3) is 11.8 Å². The van der Waals surface area contributed by atoms with Gasteiger partial charge in [-0.3, -0.25) is 14.4 Å². The van der Waals surface area contributed by atoms with Crippen molar-refractivity contribution in [2.45, 2.75) is 64.7 Å². The molecule has 12 heteroatoms. The SMILES string of the molecule is CCCC(F)C(F)(F)c1ccccc1C(=O)N1CCN(c2ccc(C(=O)NCCC(C)(C)OC(C)=O)nn2)CC1. The van der Waals surface area contributed by atoms with Crippen LogP contribution in [0.1, 0.15) is 73.4 Å². The lowest BCUT2D eigenvalue weighted by Crippen LogP contribution is -2.49. The van der Waals surface area contributed by atoms with E-state index in [1.807, 2.05) is 4.90 Å². The molecule has 0 aliphatic carbocycles. The zero-order valence-corrected chi connectivity index (χ0v) is 23.3. The van der Waals surface area contributed by atoms with E-state index >= 15 is 0 Å². The Labute approximate surface area is 232 Å². The van der Waals surface area contributed by atoms with E-state index < -0.39 is 41.0 Å². The average Bonchev–Trinajstić information content (AvgIpc) is 2.92. The van der Waals surface area contributed by atoms with Gasteiger partial charge in [0.1, 0.15) is 5.60 Å². The first-order valence-corrected chi connectivity index (χ1v) is 13.3. The molecule has 1 aromatic heterocycles. The third kappa shape index (κ3) is 7.70. The molecule has 1 atom stereocenters. The molecular formula is C28H36F3N5O4. The fraction of sp³-hybridized carbons (Fsp3) is 0.536. The third-order valence-corrected chi connectivity index (χ3v) is 6.66. The van der Waals surface area contributed by atoms with Crippen molar-refractivity contribution in [2.24, 2.45) is 0 Å². The second kappa shape index (κ2) is 13.1. The van der Waals surface area contributed by atoms with Crippen molar-refractivity contribution in [3.8, 4) is 0 Å². The smallest absolute Gasteiger partial charge is 0.304 e. The highest BCUT2D eigenvalue weighted by Crippen LogP contribution is 2.38. The van der Waals surface area contributed by atoms with Crippen LogP contribution in [0.4, 0.5) is 19.0 Å². The van der Waals surface area contributed by atoms with Gasteiger partial charge in [0.05, 0.1) is 0 Å². The van der Waals surface area contributed by atoms with Gasteiger partial charge in [0.2, 0.25) is 0 Å². The van der Waals surface area contributed by atoms with Gasteiger partial charge < -0.3 is 19.9 Å². The molecule has 0 spiro atoms. The average molecular weight is 564 g/mol. The van der Waals surface area contributed by atoms with E-state index in [-0.39, 0.29) is 43.7 Å². The second-order valence-corrected chi connectivity index (χ2v) is 10.3. The van der Waals surface area contributed by atoms with Crippen molar-refractivity contribution in [2.75, 3.05) is 37.6 Å². The van der Waals surface area contributed by atoms with Gasteiger partial charge in [0, 0.05) is 57.2 Å². The number of piperazine rings is 1. The molecule has 1 aliphatic heterocycles. The molecule has 9 nitrogen and oxygen atoms in total. The number of anilines is 1. The summed E-state index contributed by atoms with van der Waals surface area (Å²) in [5, 5.41) is 10.9. The van der Waals surface area contributed by atoms with Gasteiger partial charge >= 0.3 is 11.9 Å². The maximum atomic E-state index is 14.8. The minimum atomic E-state index is -3.77. The first kappa shape index (κ1) is 30.8. The number of halogens is 3. The molecular weight excluding hydrogens is 527 g/mol. The summed E-state index contributed by atoms with van der Waals surface area (Å²) in [5.41, 5.74) is -1.40. The number of benzene rings is 1. The number of nitrogens with zero attached hydrogens (tertiary/aromatic N) is 4. The molecule has 0 bridgehead atoms. The van der Waals surface area contributed by atoms with E-state index in [2.05, 4.69) is 15.5 Å². The van der Waals surface area contributed by atoms with Crippen LogP contribution in [0.3, 0.4) is 0 Å². The van der Waals surface area contributed by atoms with Gasteiger partial charge in [-0.25, -0.2) is 4.39 Å².